The number of carbonyl (C=O) groups excluding carboxylic acids is 2. The van der Waals surface area contributed by atoms with Crippen LogP contribution in [0.3, 0.4) is 0 Å². The summed E-state index contributed by atoms with van der Waals surface area (Å²) in [7, 11) is 0. The van der Waals surface area contributed by atoms with Crippen LogP contribution in [0, 0.1) is 5.82 Å². The van der Waals surface area contributed by atoms with Gasteiger partial charge in [0.2, 0.25) is 11.8 Å². The summed E-state index contributed by atoms with van der Waals surface area (Å²) in [5, 5.41) is 12.2. The van der Waals surface area contributed by atoms with Crippen LogP contribution in [0.25, 0.3) is 0 Å². The van der Waals surface area contributed by atoms with E-state index in [1.54, 1.807) is 18.2 Å². The van der Waals surface area contributed by atoms with Crippen LogP contribution in [0.2, 0.25) is 0 Å². The molecule has 0 spiro atoms. The van der Waals surface area contributed by atoms with E-state index in [-0.39, 0.29) is 37.0 Å². The summed E-state index contributed by atoms with van der Waals surface area (Å²) in [5.41, 5.74) is 2.32. The molecule has 2 amide bonds. The lowest BCUT2D eigenvalue weighted by Gasteiger charge is -2.36. The number of benzene rings is 2. The zero-order valence-electron chi connectivity index (χ0n) is 14.3. The molecule has 0 aliphatic carbocycles. The predicted octanol–water partition coefficient (Wildman–Crippen LogP) is 2.46. The minimum Gasteiger partial charge on any atom is -0.481 e. The van der Waals surface area contributed by atoms with Crippen molar-refractivity contribution in [2.45, 2.75) is 24.8 Å². The first kappa shape index (κ1) is 17.2. The fraction of sp³-hybridized carbons (Fsp3) is 0.250. The van der Waals surface area contributed by atoms with Crippen molar-refractivity contribution in [2.75, 3.05) is 11.9 Å². The Morgan fingerprint density at radius 2 is 1.89 bits per heavy atom. The lowest BCUT2D eigenvalue weighted by molar-refractivity contribution is -0.142. The SMILES string of the molecule is O=C1CC(C(=O)N2Cc3ccccc3C(C(=O)O)C2)c2ccc(F)cc2N1. The monoisotopic (exact) mass is 368 g/mol. The second kappa shape index (κ2) is 6.50. The Kier molecular flexibility index (Phi) is 4.14. The Labute approximate surface area is 154 Å². The third-order valence-electron chi connectivity index (χ3n) is 5.16. The Morgan fingerprint density at radius 1 is 1.11 bits per heavy atom. The number of carbonyl (C=O) groups is 3. The molecule has 0 saturated carbocycles. The minimum absolute atomic E-state index is 0.0415. The molecule has 0 radical (unpaired) electrons. The highest BCUT2D eigenvalue weighted by Crippen LogP contribution is 2.36. The van der Waals surface area contributed by atoms with Gasteiger partial charge in [0, 0.05) is 25.2 Å². The average Bonchev–Trinajstić information content (AvgIpc) is 2.65. The van der Waals surface area contributed by atoms with Crippen LogP contribution < -0.4 is 5.32 Å². The van der Waals surface area contributed by atoms with Gasteiger partial charge in [-0.15, -0.1) is 0 Å². The summed E-state index contributed by atoms with van der Waals surface area (Å²) in [4.78, 5) is 38.4. The molecule has 27 heavy (non-hydrogen) atoms. The number of rotatable bonds is 2. The average molecular weight is 368 g/mol. The number of halogens is 1. The maximum Gasteiger partial charge on any atom is 0.312 e. The lowest BCUT2D eigenvalue weighted by atomic mass is 9.86. The quantitative estimate of drug-likeness (QED) is 0.853. The van der Waals surface area contributed by atoms with Gasteiger partial charge in [0.25, 0.3) is 0 Å². The molecule has 2 aromatic rings. The number of amides is 2. The molecule has 6 nitrogen and oxygen atoms in total. The number of hydrogen-bond donors (Lipinski definition) is 2. The molecular formula is C20H17FN2O4. The number of carboxylic acid groups (broad SMARTS) is 1. The number of nitrogens with one attached hydrogen (secondary N) is 1. The van der Waals surface area contributed by atoms with Gasteiger partial charge in [-0.2, -0.15) is 0 Å². The summed E-state index contributed by atoms with van der Waals surface area (Å²) in [6.07, 6.45) is -0.0483. The van der Waals surface area contributed by atoms with Gasteiger partial charge >= 0.3 is 5.97 Å². The second-order valence-electron chi connectivity index (χ2n) is 6.84. The standard InChI is InChI=1S/C20H17FN2O4/c21-12-5-6-14-15(8-18(24)22-17(14)7-12)19(25)23-9-11-3-1-2-4-13(11)16(10-23)20(26)27/h1-7,15-16H,8-10H2,(H,22,24)(H,26,27). The van der Waals surface area contributed by atoms with E-state index in [0.717, 1.165) is 5.56 Å². The van der Waals surface area contributed by atoms with Gasteiger partial charge in [0.15, 0.2) is 0 Å². The van der Waals surface area contributed by atoms with Crippen LogP contribution >= 0.6 is 0 Å². The van der Waals surface area contributed by atoms with E-state index in [1.165, 1.54) is 23.1 Å². The highest BCUT2D eigenvalue weighted by Gasteiger charge is 2.38. The molecule has 0 fully saturated rings. The van der Waals surface area contributed by atoms with Crippen molar-refractivity contribution < 1.29 is 23.9 Å². The predicted molar refractivity (Wildman–Crippen MR) is 94.6 cm³/mol. The number of aliphatic carboxylic acids is 1. The summed E-state index contributed by atoms with van der Waals surface area (Å²) in [6.45, 7) is 0.327. The van der Waals surface area contributed by atoms with Crippen LogP contribution in [-0.2, 0) is 20.9 Å². The molecule has 4 rings (SSSR count). The van der Waals surface area contributed by atoms with E-state index in [0.29, 0.717) is 11.1 Å². The Morgan fingerprint density at radius 3 is 2.67 bits per heavy atom. The van der Waals surface area contributed by atoms with Gasteiger partial charge in [0.1, 0.15) is 5.82 Å². The van der Waals surface area contributed by atoms with Gasteiger partial charge in [0.05, 0.1) is 11.8 Å². The Balaban J connectivity index is 1.68. The van der Waals surface area contributed by atoms with Crippen molar-refractivity contribution in [1.29, 1.82) is 0 Å². The van der Waals surface area contributed by atoms with E-state index in [1.807, 2.05) is 6.07 Å². The van der Waals surface area contributed by atoms with Gasteiger partial charge in [-0.25, -0.2) is 4.39 Å². The maximum atomic E-state index is 13.5. The molecule has 0 aromatic heterocycles. The van der Waals surface area contributed by atoms with E-state index in [2.05, 4.69) is 5.32 Å². The first-order valence-electron chi connectivity index (χ1n) is 8.62. The van der Waals surface area contributed by atoms with Crippen molar-refractivity contribution >= 4 is 23.5 Å². The van der Waals surface area contributed by atoms with E-state index < -0.39 is 23.6 Å². The highest BCUT2D eigenvalue weighted by atomic mass is 19.1. The summed E-state index contributed by atoms with van der Waals surface area (Å²) >= 11 is 0. The molecule has 2 aromatic carbocycles. The van der Waals surface area contributed by atoms with Gasteiger partial charge in [-0.05, 0) is 28.8 Å². The van der Waals surface area contributed by atoms with Crippen molar-refractivity contribution in [3.05, 3.63) is 65.0 Å². The van der Waals surface area contributed by atoms with Crippen LogP contribution in [-0.4, -0.2) is 34.3 Å². The normalized spacial score (nSPS) is 21.1. The van der Waals surface area contributed by atoms with Gasteiger partial charge in [-0.1, -0.05) is 30.3 Å². The molecule has 0 bridgehead atoms. The number of anilines is 1. The second-order valence-corrected chi connectivity index (χ2v) is 6.84. The van der Waals surface area contributed by atoms with Crippen molar-refractivity contribution in [3.63, 3.8) is 0 Å². The smallest absolute Gasteiger partial charge is 0.312 e. The zero-order valence-corrected chi connectivity index (χ0v) is 14.3. The fourth-order valence-corrected chi connectivity index (χ4v) is 3.86. The van der Waals surface area contributed by atoms with Crippen LogP contribution in [0.15, 0.2) is 42.5 Å². The van der Waals surface area contributed by atoms with E-state index in [9.17, 15) is 23.9 Å². The number of hydrogen-bond acceptors (Lipinski definition) is 3. The van der Waals surface area contributed by atoms with Crippen molar-refractivity contribution in [1.82, 2.24) is 4.90 Å². The fourth-order valence-electron chi connectivity index (χ4n) is 3.86. The van der Waals surface area contributed by atoms with Crippen molar-refractivity contribution in [3.8, 4) is 0 Å². The van der Waals surface area contributed by atoms with E-state index >= 15 is 0 Å². The molecule has 7 heteroatoms. The minimum atomic E-state index is -0.996. The molecule has 2 heterocycles. The van der Waals surface area contributed by atoms with E-state index in [4.69, 9.17) is 0 Å². The third-order valence-corrected chi connectivity index (χ3v) is 5.16. The summed E-state index contributed by atoms with van der Waals surface area (Å²) in [6, 6.07) is 11.1. The summed E-state index contributed by atoms with van der Waals surface area (Å²) < 4.78 is 13.5. The Hall–Kier alpha value is -3.22. The van der Waals surface area contributed by atoms with Gasteiger partial charge < -0.3 is 15.3 Å². The largest absolute Gasteiger partial charge is 0.481 e. The molecule has 2 aliphatic heterocycles. The highest BCUT2D eigenvalue weighted by molar-refractivity contribution is 6.01. The number of fused-ring (bicyclic) bond motifs is 2. The first-order chi connectivity index (χ1) is 12.9. The van der Waals surface area contributed by atoms with Crippen LogP contribution in [0.1, 0.15) is 34.9 Å². The van der Waals surface area contributed by atoms with Crippen LogP contribution in [0.5, 0.6) is 0 Å². The molecule has 2 atom stereocenters. The zero-order chi connectivity index (χ0) is 19.1. The van der Waals surface area contributed by atoms with Gasteiger partial charge in [-0.3, -0.25) is 14.4 Å². The molecule has 0 saturated heterocycles. The number of carboxylic acids is 1. The lowest BCUT2D eigenvalue weighted by Crippen LogP contribution is -2.44. The molecule has 2 N–H and O–H groups in total. The van der Waals surface area contributed by atoms with Crippen molar-refractivity contribution in [2.24, 2.45) is 0 Å². The number of nitrogens with zero attached hydrogens (tertiary/aromatic N) is 1. The Bertz CT molecular complexity index is 959. The van der Waals surface area contributed by atoms with Crippen LogP contribution in [0.4, 0.5) is 10.1 Å². The summed E-state index contributed by atoms with van der Waals surface area (Å²) in [5.74, 6) is -3.75. The molecule has 2 unspecified atom stereocenters. The third kappa shape index (κ3) is 3.05. The molecule has 138 valence electrons. The maximum absolute atomic E-state index is 13.5. The topological polar surface area (TPSA) is 86.7 Å². The first-order valence-corrected chi connectivity index (χ1v) is 8.62. The molecular weight excluding hydrogens is 351 g/mol. The molecule has 2 aliphatic rings.